The third-order valence-electron chi connectivity index (χ3n) is 4.28. The summed E-state index contributed by atoms with van der Waals surface area (Å²) in [6.07, 6.45) is 0. The van der Waals surface area contributed by atoms with Crippen molar-refractivity contribution in [2.24, 2.45) is 4.99 Å². The second kappa shape index (κ2) is 9.25. The Bertz CT molecular complexity index is 816. The fourth-order valence-corrected chi connectivity index (χ4v) is 3.83. The molecule has 1 amide bonds. The normalized spacial score (nSPS) is 14.9. The maximum Gasteiger partial charge on any atom is 0.265 e. The number of hydrogen-bond acceptors (Lipinski definition) is 7. The number of morpholine rings is 1. The number of aliphatic imine (C=N–C) groups is 1. The Labute approximate surface area is 168 Å². The summed E-state index contributed by atoms with van der Waals surface area (Å²) in [4.78, 5) is 20.9. The number of ether oxygens (including phenoxy) is 2. The predicted molar refractivity (Wildman–Crippen MR) is 112 cm³/mol. The Hall–Kier alpha value is -2.03. The van der Waals surface area contributed by atoms with E-state index in [1.807, 2.05) is 29.6 Å². The van der Waals surface area contributed by atoms with Crippen molar-refractivity contribution in [1.82, 2.24) is 5.32 Å². The first-order valence-electron chi connectivity index (χ1n) is 8.68. The molecule has 1 fully saturated rings. The molecule has 27 heavy (non-hydrogen) atoms. The molecule has 1 aromatic heterocycles. The number of methoxy groups -OCH3 is 1. The van der Waals surface area contributed by atoms with Crippen LogP contribution in [0.3, 0.4) is 0 Å². The van der Waals surface area contributed by atoms with Crippen molar-refractivity contribution in [3.8, 4) is 5.75 Å². The molecule has 1 aliphatic rings. The van der Waals surface area contributed by atoms with Crippen LogP contribution in [-0.4, -0.2) is 45.0 Å². The molecule has 0 aliphatic carbocycles. The maximum atomic E-state index is 12.4. The van der Waals surface area contributed by atoms with Gasteiger partial charge in [0.2, 0.25) is 0 Å². The molecule has 6 nitrogen and oxygen atoms in total. The van der Waals surface area contributed by atoms with E-state index in [0.29, 0.717) is 41.8 Å². The molecule has 2 heterocycles. The average Bonchev–Trinajstić information content (AvgIpc) is 3.21. The fourth-order valence-electron chi connectivity index (χ4n) is 2.81. The van der Waals surface area contributed by atoms with Crippen molar-refractivity contribution in [2.75, 3.05) is 38.3 Å². The molecule has 2 aromatic rings. The zero-order valence-corrected chi connectivity index (χ0v) is 17.1. The van der Waals surface area contributed by atoms with E-state index in [-0.39, 0.29) is 5.91 Å². The molecule has 0 unspecified atom stereocenters. The molecular weight excluding hydrogens is 382 g/mol. The maximum absolute atomic E-state index is 12.4. The topological polar surface area (TPSA) is 63.2 Å². The highest BCUT2D eigenvalue weighted by Gasteiger charge is 2.19. The van der Waals surface area contributed by atoms with E-state index < -0.39 is 0 Å². The van der Waals surface area contributed by atoms with Crippen LogP contribution < -0.4 is 15.0 Å². The summed E-state index contributed by atoms with van der Waals surface area (Å²) < 4.78 is 10.9. The monoisotopic (exact) mass is 405 g/mol. The quantitative estimate of drug-likeness (QED) is 0.572. The number of rotatable bonds is 6. The molecule has 0 spiro atoms. The second-order valence-corrected chi connectivity index (χ2v) is 7.52. The van der Waals surface area contributed by atoms with Crippen LogP contribution in [0, 0.1) is 0 Å². The summed E-state index contributed by atoms with van der Waals surface area (Å²) in [6, 6.07) is 7.78. The van der Waals surface area contributed by atoms with Gasteiger partial charge in [0.1, 0.15) is 17.1 Å². The standard InChI is InChI=1S/C19H23N3O3S2/c1-13(19(23)20-12-14-4-3-11-27-14)21-17-16(24-2)6-5-15(18(17)26)22-7-9-25-10-8-22/h3-6,11,26H,7-10,12H2,1-2H3,(H,20,23). The van der Waals surface area contributed by atoms with Gasteiger partial charge < -0.3 is 19.7 Å². The highest BCUT2D eigenvalue weighted by Crippen LogP contribution is 2.41. The number of amides is 1. The Morgan fingerprint density at radius 2 is 2.15 bits per heavy atom. The first kappa shape index (κ1) is 19.7. The molecule has 144 valence electrons. The zero-order chi connectivity index (χ0) is 19.2. The lowest BCUT2D eigenvalue weighted by Crippen LogP contribution is -2.36. The van der Waals surface area contributed by atoms with Gasteiger partial charge in [-0.3, -0.25) is 4.79 Å². The summed E-state index contributed by atoms with van der Waals surface area (Å²) in [5, 5.41) is 4.87. The Morgan fingerprint density at radius 1 is 1.37 bits per heavy atom. The van der Waals surface area contributed by atoms with Gasteiger partial charge in [-0.2, -0.15) is 0 Å². The molecule has 8 heteroatoms. The first-order valence-corrected chi connectivity index (χ1v) is 10.0. The number of benzene rings is 1. The Balaban J connectivity index is 1.82. The molecule has 1 saturated heterocycles. The summed E-state index contributed by atoms with van der Waals surface area (Å²) in [7, 11) is 1.59. The van der Waals surface area contributed by atoms with Crippen molar-refractivity contribution >= 4 is 47.0 Å². The van der Waals surface area contributed by atoms with Gasteiger partial charge in [0, 0.05) is 18.0 Å². The number of thiol groups is 1. The van der Waals surface area contributed by atoms with E-state index in [4.69, 9.17) is 9.47 Å². The molecule has 0 bridgehead atoms. The molecule has 1 N–H and O–H groups in total. The minimum absolute atomic E-state index is 0.213. The van der Waals surface area contributed by atoms with Crippen LogP contribution in [0.2, 0.25) is 0 Å². The second-order valence-electron chi connectivity index (χ2n) is 6.04. The number of carbonyl (C=O) groups is 1. The summed E-state index contributed by atoms with van der Waals surface area (Å²) in [5.41, 5.74) is 1.89. The number of nitrogens with one attached hydrogen (secondary N) is 1. The van der Waals surface area contributed by atoms with Gasteiger partial charge in [-0.1, -0.05) is 6.07 Å². The Morgan fingerprint density at radius 3 is 2.81 bits per heavy atom. The van der Waals surface area contributed by atoms with Crippen LogP contribution >= 0.6 is 24.0 Å². The predicted octanol–water partition coefficient (Wildman–Crippen LogP) is 3.29. The largest absolute Gasteiger partial charge is 0.494 e. The van der Waals surface area contributed by atoms with Gasteiger partial charge in [-0.05, 0) is 30.5 Å². The number of anilines is 1. The molecule has 3 rings (SSSR count). The van der Waals surface area contributed by atoms with E-state index in [2.05, 4.69) is 27.8 Å². The van der Waals surface area contributed by atoms with E-state index in [0.717, 1.165) is 23.7 Å². The highest BCUT2D eigenvalue weighted by molar-refractivity contribution is 7.80. The van der Waals surface area contributed by atoms with Crippen LogP contribution in [0.5, 0.6) is 5.75 Å². The first-order chi connectivity index (χ1) is 13.1. The van der Waals surface area contributed by atoms with E-state index in [9.17, 15) is 4.79 Å². The lowest BCUT2D eigenvalue weighted by molar-refractivity contribution is -0.115. The van der Waals surface area contributed by atoms with Crippen molar-refractivity contribution in [2.45, 2.75) is 18.4 Å². The zero-order valence-electron chi connectivity index (χ0n) is 15.4. The SMILES string of the molecule is COc1ccc(N2CCOCC2)c(S)c1N=C(C)C(=O)NCc1cccs1. The smallest absolute Gasteiger partial charge is 0.265 e. The minimum Gasteiger partial charge on any atom is -0.494 e. The minimum atomic E-state index is -0.213. The van der Waals surface area contributed by atoms with Gasteiger partial charge in [-0.15, -0.1) is 24.0 Å². The van der Waals surface area contributed by atoms with Gasteiger partial charge in [0.25, 0.3) is 5.91 Å². The molecule has 1 aromatic carbocycles. The van der Waals surface area contributed by atoms with Crippen molar-refractivity contribution < 1.29 is 14.3 Å². The van der Waals surface area contributed by atoms with Crippen LogP contribution in [0.1, 0.15) is 11.8 Å². The third-order valence-corrected chi connectivity index (χ3v) is 5.59. The van der Waals surface area contributed by atoms with Crippen LogP contribution in [-0.2, 0) is 16.1 Å². The third kappa shape index (κ3) is 4.82. The van der Waals surface area contributed by atoms with Crippen molar-refractivity contribution in [3.63, 3.8) is 0 Å². The van der Waals surface area contributed by atoms with Gasteiger partial charge in [0.15, 0.2) is 0 Å². The molecule has 0 saturated carbocycles. The van der Waals surface area contributed by atoms with Gasteiger partial charge in [-0.25, -0.2) is 4.99 Å². The summed E-state index contributed by atoms with van der Waals surface area (Å²) in [5.74, 6) is 0.373. The fraction of sp³-hybridized carbons (Fsp3) is 0.368. The van der Waals surface area contributed by atoms with E-state index in [1.54, 1.807) is 25.4 Å². The summed E-state index contributed by atoms with van der Waals surface area (Å²) in [6.45, 7) is 5.14. The van der Waals surface area contributed by atoms with Crippen LogP contribution in [0.25, 0.3) is 0 Å². The van der Waals surface area contributed by atoms with E-state index >= 15 is 0 Å². The highest BCUT2D eigenvalue weighted by atomic mass is 32.1. The number of carbonyl (C=O) groups excluding carboxylic acids is 1. The molecule has 0 atom stereocenters. The number of hydrogen-bond donors (Lipinski definition) is 2. The van der Waals surface area contributed by atoms with Gasteiger partial charge in [0.05, 0.1) is 37.5 Å². The van der Waals surface area contributed by atoms with Crippen molar-refractivity contribution in [3.05, 3.63) is 34.5 Å². The molecular formula is C19H23N3O3S2. The lowest BCUT2D eigenvalue weighted by Gasteiger charge is -2.30. The van der Waals surface area contributed by atoms with E-state index in [1.165, 1.54) is 0 Å². The number of nitrogens with zero attached hydrogens (tertiary/aromatic N) is 2. The van der Waals surface area contributed by atoms with Gasteiger partial charge >= 0.3 is 0 Å². The average molecular weight is 406 g/mol. The Kier molecular flexibility index (Phi) is 6.76. The molecule has 0 radical (unpaired) electrons. The number of thiophene rings is 1. The molecule has 1 aliphatic heterocycles. The lowest BCUT2D eigenvalue weighted by atomic mass is 10.2. The summed E-state index contributed by atoms with van der Waals surface area (Å²) >= 11 is 6.29. The van der Waals surface area contributed by atoms with Crippen LogP contribution in [0.15, 0.2) is 39.5 Å². The van der Waals surface area contributed by atoms with Crippen LogP contribution in [0.4, 0.5) is 11.4 Å². The van der Waals surface area contributed by atoms with Crippen molar-refractivity contribution in [1.29, 1.82) is 0 Å².